The molecule has 0 unspecified atom stereocenters. The van der Waals surface area contributed by atoms with Gasteiger partial charge in [0.15, 0.2) is 0 Å². The fraction of sp³-hybridized carbons (Fsp3) is 0.429. The van der Waals surface area contributed by atoms with Crippen LogP contribution in [0.15, 0.2) is 11.6 Å². The van der Waals surface area contributed by atoms with Gasteiger partial charge in [0.1, 0.15) is 0 Å². The molecular formula is C14H19N3OS. The third kappa shape index (κ3) is 3.30. The van der Waals surface area contributed by atoms with Crippen LogP contribution in [-0.4, -0.2) is 16.6 Å². The fourth-order valence-corrected chi connectivity index (χ4v) is 2.77. The van der Waals surface area contributed by atoms with Crippen LogP contribution in [0.4, 0.5) is 0 Å². The second-order valence-corrected chi connectivity index (χ2v) is 5.47. The third-order valence-electron chi connectivity index (χ3n) is 3.05. The summed E-state index contributed by atoms with van der Waals surface area (Å²) in [4.78, 5) is 9.93. The normalized spacial score (nSPS) is 10.7. The molecule has 2 rings (SSSR count). The molecule has 0 saturated heterocycles. The first-order chi connectivity index (χ1) is 9.11. The molecule has 2 aromatic heterocycles. The number of rotatable bonds is 5. The molecule has 2 heterocycles. The lowest BCUT2D eigenvalue weighted by atomic mass is 10.1. The first-order valence-corrected chi connectivity index (χ1v) is 7.18. The molecule has 4 nitrogen and oxygen atoms in total. The molecule has 0 radical (unpaired) electrons. The molecule has 5 heteroatoms. The monoisotopic (exact) mass is 277 g/mol. The summed E-state index contributed by atoms with van der Waals surface area (Å²) >= 11 is 1.66. The summed E-state index contributed by atoms with van der Waals surface area (Å²) in [7, 11) is 0. The van der Waals surface area contributed by atoms with Crippen LogP contribution < -0.4 is 10.5 Å². The van der Waals surface area contributed by atoms with E-state index in [1.165, 1.54) is 4.88 Å². The molecular weight excluding hydrogens is 258 g/mol. The largest absolute Gasteiger partial charge is 0.477 e. The minimum absolute atomic E-state index is 0.452. The average molecular weight is 277 g/mol. The molecule has 2 aromatic rings. The van der Waals surface area contributed by atoms with Crippen molar-refractivity contribution in [3.05, 3.63) is 39.0 Å². The Labute approximate surface area is 117 Å². The Balaban J connectivity index is 2.05. The van der Waals surface area contributed by atoms with E-state index in [0.717, 1.165) is 28.9 Å². The standard InChI is InChI=1S/C14H19N3OS/c1-9-6-10(2)17-14(12(9)7-15)18-5-4-13-11(3)16-8-19-13/h6,8H,4-5,7,15H2,1-3H3. The van der Waals surface area contributed by atoms with Crippen molar-refractivity contribution in [2.75, 3.05) is 6.61 Å². The molecule has 0 aliphatic rings. The molecule has 0 bridgehead atoms. The van der Waals surface area contributed by atoms with Gasteiger partial charge < -0.3 is 10.5 Å². The molecule has 2 N–H and O–H groups in total. The van der Waals surface area contributed by atoms with E-state index < -0.39 is 0 Å². The lowest BCUT2D eigenvalue weighted by Gasteiger charge is -2.12. The third-order valence-corrected chi connectivity index (χ3v) is 4.05. The van der Waals surface area contributed by atoms with Crippen molar-refractivity contribution in [1.82, 2.24) is 9.97 Å². The van der Waals surface area contributed by atoms with Crippen LogP contribution in [-0.2, 0) is 13.0 Å². The van der Waals surface area contributed by atoms with Crippen molar-refractivity contribution >= 4 is 11.3 Å². The first kappa shape index (κ1) is 14.0. The Morgan fingerprint density at radius 1 is 1.32 bits per heavy atom. The highest BCUT2D eigenvalue weighted by Gasteiger charge is 2.09. The van der Waals surface area contributed by atoms with Crippen LogP contribution in [0, 0.1) is 20.8 Å². The second-order valence-electron chi connectivity index (χ2n) is 4.53. The molecule has 102 valence electrons. The van der Waals surface area contributed by atoms with Crippen molar-refractivity contribution < 1.29 is 4.74 Å². The quantitative estimate of drug-likeness (QED) is 0.912. The summed E-state index contributed by atoms with van der Waals surface area (Å²) in [5.41, 5.74) is 11.8. The van der Waals surface area contributed by atoms with Crippen molar-refractivity contribution in [1.29, 1.82) is 0 Å². The predicted molar refractivity (Wildman–Crippen MR) is 77.7 cm³/mol. The van der Waals surface area contributed by atoms with Crippen LogP contribution >= 0.6 is 11.3 Å². The Bertz CT molecular complexity index is 566. The summed E-state index contributed by atoms with van der Waals surface area (Å²) in [5, 5.41) is 0. The van der Waals surface area contributed by atoms with E-state index in [4.69, 9.17) is 10.5 Å². The van der Waals surface area contributed by atoms with Crippen LogP contribution in [0.1, 0.15) is 27.4 Å². The van der Waals surface area contributed by atoms with Gasteiger partial charge in [0.2, 0.25) is 5.88 Å². The molecule has 0 atom stereocenters. The molecule has 0 amide bonds. The fourth-order valence-electron chi connectivity index (χ4n) is 2.00. The van der Waals surface area contributed by atoms with E-state index in [1.807, 2.05) is 32.3 Å². The number of pyridine rings is 1. The summed E-state index contributed by atoms with van der Waals surface area (Å²) in [6, 6.07) is 2.03. The van der Waals surface area contributed by atoms with Crippen LogP contribution in [0.3, 0.4) is 0 Å². The molecule has 0 spiro atoms. The highest BCUT2D eigenvalue weighted by Crippen LogP contribution is 2.21. The van der Waals surface area contributed by atoms with Gasteiger partial charge >= 0.3 is 0 Å². The highest BCUT2D eigenvalue weighted by molar-refractivity contribution is 7.09. The van der Waals surface area contributed by atoms with Crippen LogP contribution in [0.2, 0.25) is 0 Å². The Kier molecular flexibility index (Phi) is 4.50. The number of nitrogens with two attached hydrogens (primary N) is 1. The topological polar surface area (TPSA) is 61.0 Å². The number of hydrogen-bond acceptors (Lipinski definition) is 5. The summed E-state index contributed by atoms with van der Waals surface area (Å²) in [6.45, 7) is 7.08. The highest BCUT2D eigenvalue weighted by atomic mass is 32.1. The summed E-state index contributed by atoms with van der Waals surface area (Å²) in [5.74, 6) is 0.669. The Morgan fingerprint density at radius 2 is 2.11 bits per heavy atom. The zero-order valence-electron chi connectivity index (χ0n) is 11.6. The second kappa shape index (κ2) is 6.12. The number of nitrogens with zero attached hydrogens (tertiary/aromatic N) is 2. The Hall–Kier alpha value is -1.46. The average Bonchev–Trinajstić information content (AvgIpc) is 2.75. The molecule has 19 heavy (non-hydrogen) atoms. The van der Waals surface area contributed by atoms with Gasteiger partial charge in [-0.2, -0.15) is 0 Å². The number of hydrogen-bond donors (Lipinski definition) is 1. The van der Waals surface area contributed by atoms with Gasteiger partial charge in [0, 0.05) is 29.1 Å². The van der Waals surface area contributed by atoms with Gasteiger partial charge in [-0.05, 0) is 32.4 Å². The SMILES string of the molecule is Cc1cc(C)c(CN)c(OCCc2scnc2C)n1. The van der Waals surface area contributed by atoms with Crippen molar-refractivity contribution in [3.63, 3.8) is 0 Å². The molecule has 0 aromatic carbocycles. The van der Waals surface area contributed by atoms with E-state index in [1.54, 1.807) is 11.3 Å². The molecule has 0 saturated carbocycles. The maximum Gasteiger partial charge on any atom is 0.218 e. The van der Waals surface area contributed by atoms with Crippen molar-refractivity contribution in [3.8, 4) is 5.88 Å². The molecule has 0 aliphatic heterocycles. The minimum Gasteiger partial charge on any atom is -0.477 e. The number of thiazole rings is 1. The lowest BCUT2D eigenvalue weighted by molar-refractivity contribution is 0.306. The van der Waals surface area contributed by atoms with E-state index in [2.05, 4.69) is 9.97 Å². The van der Waals surface area contributed by atoms with Gasteiger partial charge in [0.25, 0.3) is 0 Å². The zero-order chi connectivity index (χ0) is 13.8. The van der Waals surface area contributed by atoms with E-state index >= 15 is 0 Å². The maximum atomic E-state index is 5.81. The molecule has 0 aliphatic carbocycles. The Morgan fingerprint density at radius 3 is 2.74 bits per heavy atom. The van der Waals surface area contributed by atoms with Gasteiger partial charge in [-0.3, -0.25) is 0 Å². The smallest absolute Gasteiger partial charge is 0.218 e. The van der Waals surface area contributed by atoms with E-state index in [-0.39, 0.29) is 0 Å². The number of aryl methyl sites for hydroxylation is 3. The van der Waals surface area contributed by atoms with Gasteiger partial charge in [-0.25, -0.2) is 9.97 Å². The van der Waals surface area contributed by atoms with Crippen molar-refractivity contribution in [2.24, 2.45) is 5.73 Å². The van der Waals surface area contributed by atoms with Gasteiger partial charge in [-0.15, -0.1) is 11.3 Å². The van der Waals surface area contributed by atoms with Gasteiger partial charge in [0.05, 0.1) is 17.8 Å². The first-order valence-electron chi connectivity index (χ1n) is 6.30. The van der Waals surface area contributed by atoms with Crippen molar-refractivity contribution in [2.45, 2.75) is 33.7 Å². The van der Waals surface area contributed by atoms with Crippen LogP contribution in [0.5, 0.6) is 5.88 Å². The maximum absolute atomic E-state index is 5.81. The van der Waals surface area contributed by atoms with Crippen LogP contribution in [0.25, 0.3) is 0 Å². The minimum atomic E-state index is 0.452. The lowest BCUT2D eigenvalue weighted by Crippen LogP contribution is -2.09. The van der Waals surface area contributed by atoms with E-state index in [9.17, 15) is 0 Å². The van der Waals surface area contributed by atoms with Gasteiger partial charge in [-0.1, -0.05) is 0 Å². The number of ether oxygens (including phenoxy) is 1. The van der Waals surface area contributed by atoms with E-state index in [0.29, 0.717) is 19.0 Å². The molecule has 0 fully saturated rings. The predicted octanol–water partition coefficient (Wildman–Crippen LogP) is 2.54. The summed E-state index contributed by atoms with van der Waals surface area (Å²) in [6.07, 6.45) is 0.856. The summed E-state index contributed by atoms with van der Waals surface area (Å²) < 4.78 is 5.81. The zero-order valence-corrected chi connectivity index (χ0v) is 12.4. The number of aromatic nitrogens is 2.